The van der Waals surface area contributed by atoms with Crippen molar-refractivity contribution in [1.29, 1.82) is 0 Å². The van der Waals surface area contributed by atoms with E-state index in [-0.39, 0.29) is 12.5 Å². The van der Waals surface area contributed by atoms with Crippen LogP contribution in [0.25, 0.3) is 0 Å². The Morgan fingerprint density at radius 1 is 1.31 bits per heavy atom. The first-order valence-electron chi connectivity index (χ1n) is 8.78. The average Bonchev–Trinajstić information content (AvgIpc) is 3.02. The Hall–Kier alpha value is -2.18. The molecule has 0 radical (unpaired) electrons. The van der Waals surface area contributed by atoms with Crippen molar-refractivity contribution in [2.24, 2.45) is 11.8 Å². The molecule has 138 valence electrons. The zero-order valence-corrected chi connectivity index (χ0v) is 15.2. The van der Waals surface area contributed by atoms with Crippen LogP contribution in [-0.2, 0) is 29.4 Å². The number of methoxy groups -OCH3 is 1. The lowest BCUT2D eigenvalue weighted by Gasteiger charge is -2.48. The molecule has 1 aromatic rings. The van der Waals surface area contributed by atoms with Gasteiger partial charge in [0.25, 0.3) is 0 Å². The van der Waals surface area contributed by atoms with Crippen molar-refractivity contribution in [3.63, 3.8) is 0 Å². The third-order valence-corrected chi connectivity index (χ3v) is 5.68. The van der Waals surface area contributed by atoms with E-state index in [2.05, 4.69) is 0 Å². The summed E-state index contributed by atoms with van der Waals surface area (Å²) in [5.41, 5.74) is -0.0458. The minimum absolute atomic E-state index is 0.239. The molecule has 2 aliphatic heterocycles. The monoisotopic (exact) mass is 358 g/mol. The van der Waals surface area contributed by atoms with Gasteiger partial charge in [0.05, 0.1) is 25.4 Å². The molecule has 2 bridgehead atoms. The maximum atomic E-state index is 12.9. The quantitative estimate of drug-likeness (QED) is 0.829. The van der Waals surface area contributed by atoms with Gasteiger partial charge in [0.2, 0.25) is 0 Å². The van der Waals surface area contributed by atoms with Crippen LogP contribution < -0.4 is 0 Å². The molecule has 1 aliphatic carbocycles. The van der Waals surface area contributed by atoms with Crippen LogP contribution in [0.15, 0.2) is 35.4 Å². The van der Waals surface area contributed by atoms with E-state index in [0.717, 1.165) is 11.1 Å². The van der Waals surface area contributed by atoms with E-state index >= 15 is 0 Å². The van der Waals surface area contributed by atoms with Crippen molar-refractivity contribution in [3.8, 4) is 0 Å². The summed E-state index contributed by atoms with van der Waals surface area (Å²) < 4.78 is 16.5. The highest BCUT2D eigenvalue weighted by Gasteiger charge is 2.74. The standard InChI is InChI=1S/C20H22O6/c1-5-25-17(21)13-12-15(14(13)19(2,3)23)20(18(22)24-4)11-9-7-6-8-10(11)16(12)26-20/h6-9,12,15-16,23H,5H2,1-4H3/t12-,15-,16+,20-/m0/s1. The van der Waals surface area contributed by atoms with E-state index in [1.54, 1.807) is 20.8 Å². The summed E-state index contributed by atoms with van der Waals surface area (Å²) in [6.07, 6.45) is -0.430. The summed E-state index contributed by atoms with van der Waals surface area (Å²) in [7, 11) is 1.32. The Morgan fingerprint density at radius 2 is 2.00 bits per heavy atom. The number of esters is 2. The molecule has 1 N–H and O–H groups in total. The first-order valence-corrected chi connectivity index (χ1v) is 8.78. The number of hydrogen-bond donors (Lipinski definition) is 1. The number of benzene rings is 1. The number of carbonyl (C=O) groups is 2. The molecule has 6 heteroatoms. The van der Waals surface area contributed by atoms with E-state index in [1.807, 2.05) is 24.3 Å². The molecule has 1 saturated heterocycles. The molecular formula is C20H22O6. The van der Waals surface area contributed by atoms with Crippen molar-refractivity contribution in [2.75, 3.05) is 13.7 Å². The van der Waals surface area contributed by atoms with Gasteiger partial charge >= 0.3 is 11.9 Å². The molecule has 0 spiro atoms. The van der Waals surface area contributed by atoms with Crippen molar-refractivity contribution >= 4 is 11.9 Å². The minimum atomic E-state index is -1.33. The third kappa shape index (κ3) is 1.89. The van der Waals surface area contributed by atoms with Gasteiger partial charge in [-0.2, -0.15) is 0 Å². The summed E-state index contributed by atoms with van der Waals surface area (Å²) in [6.45, 7) is 5.20. The van der Waals surface area contributed by atoms with Gasteiger partial charge < -0.3 is 19.3 Å². The second kappa shape index (κ2) is 5.41. The second-order valence-corrected chi connectivity index (χ2v) is 7.46. The van der Waals surface area contributed by atoms with E-state index in [9.17, 15) is 14.7 Å². The van der Waals surface area contributed by atoms with Gasteiger partial charge in [-0.3, -0.25) is 0 Å². The molecule has 3 aliphatic rings. The van der Waals surface area contributed by atoms with Crippen LogP contribution in [0.1, 0.15) is 38.0 Å². The number of hydrogen-bond acceptors (Lipinski definition) is 6. The minimum Gasteiger partial charge on any atom is -0.467 e. The highest BCUT2D eigenvalue weighted by atomic mass is 16.6. The summed E-state index contributed by atoms with van der Waals surface area (Å²) >= 11 is 0. The lowest BCUT2D eigenvalue weighted by molar-refractivity contribution is -0.170. The maximum absolute atomic E-state index is 12.9. The topological polar surface area (TPSA) is 82.1 Å². The molecule has 1 aromatic carbocycles. The Kier molecular flexibility index (Phi) is 3.59. The van der Waals surface area contributed by atoms with Crippen molar-refractivity contribution in [3.05, 3.63) is 46.5 Å². The summed E-state index contributed by atoms with van der Waals surface area (Å²) in [6, 6.07) is 7.49. The lowest BCUT2D eigenvalue weighted by Crippen LogP contribution is -2.54. The number of ether oxygens (including phenoxy) is 3. The molecule has 26 heavy (non-hydrogen) atoms. The molecule has 0 aromatic heterocycles. The first kappa shape index (κ1) is 17.2. The van der Waals surface area contributed by atoms with Crippen LogP contribution in [0.3, 0.4) is 0 Å². The van der Waals surface area contributed by atoms with Gasteiger partial charge in [0.15, 0.2) is 5.60 Å². The lowest BCUT2D eigenvalue weighted by atomic mass is 9.52. The van der Waals surface area contributed by atoms with Gasteiger partial charge in [-0.15, -0.1) is 0 Å². The predicted molar refractivity (Wildman–Crippen MR) is 90.9 cm³/mol. The molecule has 2 heterocycles. The Balaban J connectivity index is 1.93. The van der Waals surface area contributed by atoms with Gasteiger partial charge in [0, 0.05) is 23.0 Å². The number of fused-ring (bicyclic) bond motifs is 8. The molecule has 0 amide bonds. The van der Waals surface area contributed by atoms with Crippen LogP contribution in [0.4, 0.5) is 0 Å². The highest BCUT2D eigenvalue weighted by Crippen LogP contribution is 2.71. The van der Waals surface area contributed by atoms with E-state index < -0.39 is 35.2 Å². The molecule has 0 saturated carbocycles. The van der Waals surface area contributed by atoms with Crippen LogP contribution in [0, 0.1) is 11.8 Å². The zero-order valence-electron chi connectivity index (χ0n) is 15.2. The van der Waals surface area contributed by atoms with E-state index in [1.165, 1.54) is 7.11 Å². The zero-order chi connectivity index (χ0) is 18.9. The molecule has 0 unspecified atom stereocenters. The fourth-order valence-corrected chi connectivity index (χ4v) is 4.90. The Bertz CT molecular complexity index is 833. The largest absolute Gasteiger partial charge is 0.467 e. The highest BCUT2D eigenvalue weighted by molar-refractivity contribution is 5.96. The van der Waals surface area contributed by atoms with Gasteiger partial charge in [0.1, 0.15) is 0 Å². The van der Waals surface area contributed by atoms with Crippen molar-refractivity contribution < 1.29 is 28.9 Å². The van der Waals surface area contributed by atoms with E-state index in [0.29, 0.717) is 11.1 Å². The fourth-order valence-electron chi connectivity index (χ4n) is 4.90. The summed E-state index contributed by atoms with van der Waals surface area (Å²) in [4.78, 5) is 25.4. The smallest absolute Gasteiger partial charge is 0.343 e. The normalized spacial score (nSPS) is 31.2. The Morgan fingerprint density at radius 3 is 2.62 bits per heavy atom. The molecule has 1 fully saturated rings. The number of carbonyl (C=O) groups excluding carboxylic acids is 2. The van der Waals surface area contributed by atoms with E-state index in [4.69, 9.17) is 14.2 Å². The fraction of sp³-hybridized carbons (Fsp3) is 0.500. The van der Waals surface area contributed by atoms with Gasteiger partial charge in [-0.25, -0.2) is 9.59 Å². The van der Waals surface area contributed by atoms with Gasteiger partial charge in [-0.05, 0) is 31.9 Å². The summed E-state index contributed by atoms with van der Waals surface area (Å²) in [5, 5.41) is 10.7. The number of aliphatic hydroxyl groups is 1. The van der Waals surface area contributed by atoms with Crippen LogP contribution in [0.5, 0.6) is 0 Å². The molecule has 6 nitrogen and oxygen atoms in total. The number of rotatable bonds is 4. The summed E-state index contributed by atoms with van der Waals surface area (Å²) in [5.74, 6) is -1.75. The van der Waals surface area contributed by atoms with Crippen LogP contribution >= 0.6 is 0 Å². The SMILES string of the molecule is CCOC(=O)C1=C(C(C)(C)O)[C@@H]2[C@H]1[C@@H]1O[C@@]2(C(=O)OC)c2ccccc21. The van der Waals surface area contributed by atoms with Crippen molar-refractivity contribution in [2.45, 2.75) is 38.1 Å². The third-order valence-electron chi connectivity index (χ3n) is 5.68. The van der Waals surface area contributed by atoms with Crippen LogP contribution in [0.2, 0.25) is 0 Å². The first-order chi connectivity index (χ1) is 12.3. The Labute approximate surface area is 151 Å². The molecule has 4 atom stereocenters. The van der Waals surface area contributed by atoms with Crippen molar-refractivity contribution in [1.82, 2.24) is 0 Å². The molecule has 4 rings (SSSR count). The predicted octanol–water partition coefficient (Wildman–Crippen LogP) is 2.02. The average molecular weight is 358 g/mol. The van der Waals surface area contributed by atoms with Crippen LogP contribution in [-0.4, -0.2) is 36.4 Å². The maximum Gasteiger partial charge on any atom is 0.343 e. The molecular weight excluding hydrogens is 336 g/mol. The second-order valence-electron chi connectivity index (χ2n) is 7.46. The van der Waals surface area contributed by atoms with Gasteiger partial charge in [-0.1, -0.05) is 24.3 Å².